The molecule has 0 atom stereocenters. The molecule has 0 unspecified atom stereocenters. The maximum absolute atomic E-state index is 6.54. The van der Waals surface area contributed by atoms with Crippen molar-refractivity contribution in [3.05, 3.63) is 0 Å². The molecule has 0 amide bonds. The molecule has 0 N–H and O–H groups in total. The van der Waals surface area contributed by atoms with E-state index in [-0.39, 0.29) is 10.8 Å². The molecule has 0 saturated carbocycles. The molecule has 0 aliphatic heterocycles. The molecule has 0 heterocycles. The molecule has 230 valence electrons. The third kappa shape index (κ3) is 21.4. The van der Waals surface area contributed by atoms with Crippen molar-refractivity contribution in [1.82, 2.24) is 0 Å². The molecule has 0 spiro atoms. The van der Waals surface area contributed by atoms with Crippen molar-refractivity contribution < 1.29 is 18.9 Å². The molecule has 0 aromatic heterocycles. The minimum atomic E-state index is -0.476. The standard InChI is InChI=1S/C28H62O4S4Si2/c1-7-13-19-29-27(30-20-14-8-2,37-23-17-11-5)25-33-35-36-34-26-28(31-21-15-9-3,32-22-16-10-4)38-24-18-12-6/h7-26,37-38H2,1-6H3. The highest BCUT2D eigenvalue weighted by Crippen LogP contribution is 2.46. The molecule has 0 aromatic carbocycles. The summed E-state index contributed by atoms with van der Waals surface area (Å²) in [6.45, 7) is 16.8. The van der Waals surface area contributed by atoms with Crippen LogP contribution in [0.4, 0.5) is 0 Å². The Morgan fingerprint density at radius 3 is 1.00 bits per heavy atom. The second-order valence-corrected chi connectivity index (χ2v) is 20.8. The molecule has 10 heteroatoms. The summed E-state index contributed by atoms with van der Waals surface area (Å²) < 4.78 is 26.2. The zero-order valence-electron chi connectivity index (χ0n) is 25.8. The van der Waals surface area contributed by atoms with Crippen molar-refractivity contribution in [1.29, 1.82) is 0 Å². The first-order valence-corrected chi connectivity index (χ1v) is 24.3. The Hall–Kier alpha value is 1.67. The molecule has 0 bridgehead atoms. The van der Waals surface area contributed by atoms with Crippen molar-refractivity contribution in [3.8, 4) is 0 Å². The fraction of sp³-hybridized carbons (Fsp3) is 1.00. The first kappa shape index (κ1) is 39.7. The minimum Gasteiger partial charge on any atom is -0.354 e. The largest absolute Gasteiger partial charge is 0.354 e. The predicted molar refractivity (Wildman–Crippen MR) is 186 cm³/mol. The van der Waals surface area contributed by atoms with Gasteiger partial charge in [-0.1, -0.05) is 127 Å². The van der Waals surface area contributed by atoms with Gasteiger partial charge in [-0.05, 0) is 45.3 Å². The average molecular weight is 647 g/mol. The number of rotatable bonds is 31. The van der Waals surface area contributed by atoms with Crippen LogP contribution in [0.25, 0.3) is 0 Å². The molecule has 4 nitrogen and oxygen atoms in total. The number of ether oxygens (including phenoxy) is 4. The van der Waals surface area contributed by atoms with Gasteiger partial charge in [-0.25, -0.2) is 0 Å². The van der Waals surface area contributed by atoms with Gasteiger partial charge in [0.05, 0.1) is 30.5 Å². The minimum absolute atomic E-state index is 0.314. The molecule has 0 radical (unpaired) electrons. The maximum atomic E-state index is 6.54. The highest BCUT2D eigenvalue weighted by Gasteiger charge is 2.33. The van der Waals surface area contributed by atoms with Crippen LogP contribution in [0, 0.1) is 0 Å². The molecule has 0 rings (SSSR count). The Labute approximate surface area is 257 Å². The summed E-state index contributed by atoms with van der Waals surface area (Å²) in [5, 5.41) is 0. The van der Waals surface area contributed by atoms with Gasteiger partial charge >= 0.3 is 0 Å². The summed E-state index contributed by atoms with van der Waals surface area (Å²) in [6, 6.07) is 2.61. The van der Waals surface area contributed by atoms with Crippen molar-refractivity contribution in [2.75, 3.05) is 37.9 Å². The maximum Gasteiger partial charge on any atom is 0.154 e. The molecular weight excluding hydrogens is 585 g/mol. The van der Waals surface area contributed by atoms with Gasteiger partial charge in [0.2, 0.25) is 0 Å². The van der Waals surface area contributed by atoms with Crippen molar-refractivity contribution in [3.63, 3.8) is 0 Å². The Balaban J connectivity index is 5.01. The van der Waals surface area contributed by atoms with Gasteiger partial charge in [0.1, 0.15) is 0 Å². The second-order valence-electron chi connectivity index (χ2n) is 10.2. The van der Waals surface area contributed by atoms with Crippen LogP contribution in [0.5, 0.6) is 0 Å². The number of hydrogen-bond donors (Lipinski definition) is 0. The van der Waals surface area contributed by atoms with Gasteiger partial charge in [-0.15, -0.1) is 0 Å². The van der Waals surface area contributed by atoms with Crippen LogP contribution >= 0.6 is 41.2 Å². The smallest absolute Gasteiger partial charge is 0.154 e. The van der Waals surface area contributed by atoms with E-state index in [0.29, 0.717) is 0 Å². The summed E-state index contributed by atoms with van der Waals surface area (Å²) >= 11 is 0. The second kappa shape index (κ2) is 28.8. The van der Waals surface area contributed by atoms with Crippen LogP contribution < -0.4 is 0 Å². The van der Waals surface area contributed by atoms with Crippen LogP contribution in [-0.2, 0) is 18.9 Å². The predicted octanol–water partition coefficient (Wildman–Crippen LogP) is 9.01. The zero-order valence-corrected chi connectivity index (χ0v) is 31.9. The lowest BCUT2D eigenvalue weighted by atomic mass is 10.3. The molecular formula is C28H62O4S4Si2. The first-order valence-electron chi connectivity index (χ1n) is 15.7. The lowest BCUT2D eigenvalue weighted by Crippen LogP contribution is -2.45. The number of unbranched alkanes of at least 4 members (excludes halogenated alkanes) is 6. The van der Waals surface area contributed by atoms with Crippen molar-refractivity contribution >= 4 is 60.3 Å². The average Bonchev–Trinajstić information content (AvgIpc) is 2.91. The van der Waals surface area contributed by atoms with E-state index in [9.17, 15) is 0 Å². The Kier molecular flexibility index (Phi) is 30.0. The van der Waals surface area contributed by atoms with E-state index in [2.05, 4.69) is 41.5 Å². The van der Waals surface area contributed by atoms with Crippen molar-refractivity contribution in [2.45, 2.75) is 142 Å². The molecule has 0 aliphatic rings. The van der Waals surface area contributed by atoms with Crippen LogP contribution in [0.1, 0.15) is 119 Å². The summed E-state index contributed by atoms with van der Waals surface area (Å²) in [4.78, 5) is 0. The first-order chi connectivity index (χ1) is 18.6. The van der Waals surface area contributed by atoms with Gasteiger partial charge in [0, 0.05) is 26.4 Å². The topological polar surface area (TPSA) is 36.9 Å². The normalized spacial score (nSPS) is 13.1. The van der Waals surface area contributed by atoms with E-state index >= 15 is 0 Å². The highest BCUT2D eigenvalue weighted by molar-refractivity contribution is 9.26. The van der Waals surface area contributed by atoms with E-state index in [4.69, 9.17) is 18.9 Å². The molecule has 0 saturated heterocycles. The molecule has 0 fully saturated rings. The van der Waals surface area contributed by atoms with E-state index in [1.807, 2.05) is 41.2 Å². The van der Waals surface area contributed by atoms with E-state index in [0.717, 1.165) is 63.6 Å². The van der Waals surface area contributed by atoms with Gasteiger partial charge in [0.15, 0.2) is 10.8 Å². The van der Waals surface area contributed by atoms with Crippen LogP contribution in [0.2, 0.25) is 12.1 Å². The molecule has 38 heavy (non-hydrogen) atoms. The third-order valence-electron chi connectivity index (χ3n) is 6.46. The van der Waals surface area contributed by atoms with Crippen LogP contribution in [0.15, 0.2) is 0 Å². The van der Waals surface area contributed by atoms with E-state index in [1.54, 1.807) is 0 Å². The van der Waals surface area contributed by atoms with Crippen LogP contribution in [0.3, 0.4) is 0 Å². The van der Waals surface area contributed by atoms with Gasteiger partial charge in [-0.3, -0.25) is 0 Å². The third-order valence-corrected chi connectivity index (χ3v) is 18.3. The van der Waals surface area contributed by atoms with Crippen LogP contribution in [-0.4, -0.2) is 67.8 Å². The van der Waals surface area contributed by atoms with E-state index < -0.39 is 19.0 Å². The summed E-state index contributed by atoms with van der Waals surface area (Å²) in [6.07, 6.45) is 14.2. The Morgan fingerprint density at radius 2 is 0.737 bits per heavy atom. The van der Waals surface area contributed by atoms with Gasteiger partial charge in [0.25, 0.3) is 0 Å². The lowest BCUT2D eigenvalue weighted by Gasteiger charge is -2.34. The lowest BCUT2D eigenvalue weighted by molar-refractivity contribution is -0.167. The highest BCUT2D eigenvalue weighted by atomic mass is 33.7. The summed E-state index contributed by atoms with van der Waals surface area (Å²) in [5.41, 5.74) is -0.627. The number of hydrogen-bond acceptors (Lipinski definition) is 8. The monoisotopic (exact) mass is 646 g/mol. The fourth-order valence-electron chi connectivity index (χ4n) is 3.85. The summed E-state index contributed by atoms with van der Waals surface area (Å²) in [7, 11) is 6.67. The SMILES string of the molecule is CCCCOC(CSSSSCC(OCCCC)(OCCCC)[SiH2]CCCC)(OCCCC)[SiH2]CCCC. The Bertz CT molecular complexity index is 401. The van der Waals surface area contributed by atoms with Gasteiger partial charge < -0.3 is 18.9 Å². The fourth-order valence-corrected chi connectivity index (χ4v) is 16.4. The van der Waals surface area contributed by atoms with Gasteiger partial charge in [-0.2, -0.15) is 0 Å². The zero-order chi connectivity index (χ0) is 28.2. The Morgan fingerprint density at radius 1 is 0.447 bits per heavy atom. The molecule has 0 aliphatic carbocycles. The quantitative estimate of drug-likeness (QED) is 0.0320. The van der Waals surface area contributed by atoms with Crippen molar-refractivity contribution in [2.24, 2.45) is 0 Å². The summed E-state index contributed by atoms with van der Waals surface area (Å²) in [5.74, 6) is 1.87. The molecule has 0 aromatic rings. The van der Waals surface area contributed by atoms with E-state index in [1.165, 1.54) is 63.5 Å².